The maximum atomic E-state index is 12.6. The molecule has 4 aliphatic carbocycles. The molecule has 0 atom stereocenters. The molecule has 0 unspecified atom stereocenters. The van der Waals surface area contributed by atoms with Crippen LogP contribution < -0.4 is 0 Å². The molecular formula is C14H20F2O3. The normalized spacial score (nSPS) is 40.3. The highest BCUT2D eigenvalue weighted by molar-refractivity contribution is 5.60. The van der Waals surface area contributed by atoms with Crippen LogP contribution in [0.5, 0.6) is 0 Å². The van der Waals surface area contributed by atoms with Crippen LogP contribution in [0.25, 0.3) is 0 Å². The van der Waals surface area contributed by atoms with E-state index in [0.29, 0.717) is 11.8 Å². The summed E-state index contributed by atoms with van der Waals surface area (Å²) in [6.07, 6.45) is 4.77. The highest BCUT2D eigenvalue weighted by atomic mass is 19.3. The second-order valence-electron chi connectivity index (χ2n) is 6.62. The molecule has 0 aromatic heterocycles. The Kier molecular flexibility index (Phi) is 3.18. The molecule has 0 heterocycles. The van der Waals surface area contributed by atoms with Crippen LogP contribution in [0, 0.1) is 23.7 Å². The van der Waals surface area contributed by atoms with E-state index in [1.165, 1.54) is 6.42 Å². The van der Waals surface area contributed by atoms with Crippen molar-refractivity contribution in [1.82, 2.24) is 0 Å². The van der Waals surface area contributed by atoms with Crippen LogP contribution in [0.4, 0.5) is 13.6 Å². The lowest BCUT2D eigenvalue weighted by Gasteiger charge is -2.53. The number of ether oxygens (including phenoxy) is 2. The average Bonchev–Trinajstić information content (AvgIpc) is 2.29. The first kappa shape index (κ1) is 13.1. The summed E-state index contributed by atoms with van der Waals surface area (Å²) in [5.74, 6) is -0.572. The van der Waals surface area contributed by atoms with Crippen molar-refractivity contribution in [2.24, 2.45) is 23.7 Å². The van der Waals surface area contributed by atoms with Gasteiger partial charge in [-0.3, -0.25) is 0 Å². The van der Waals surface area contributed by atoms with Crippen LogP contribution in [-0.4, -0.2) is 24.8 Å². The van der Waals surface area contributed by atoms with Crippen molar-refractivity contribution in [2.45, 2.75) is 51.1 Å². The Morgan fingerprint density at radius 1 is 1.11 bits per heavy atom. The van der Waals surface area contributed by atoms with Crippen LogP contribution in [0.1, 0.15) is 39.0 Å². The molecule has 0 radical (unpaired) electrons. The van der Waals surface area contributed by atoms with Gasteiger partial charge in [-0.2, -0.15) is 0 Å². The van der Waals surface area contributed by atoms with Crippen LogP contribution >= 0.6 is 0 Å². The van der Waals surface area contributed by atoms with Crippen molar-refractivity contribution >= 4 is 6.16 Å². The molecule has 0 saturated heterocycles. The molecule has 3 nitrogen and oxygen atoms in total. The minimum atomic E-state index is -3.00. The third-order valence-corrected chi connectivity index (χ3v) is 4.82. The average molecular weight is 274 g/mol. The second kappa shape index (κ2) is 4.60. The maximum absolute atomic E-state index is 12.6. The van der Waals surface area contributed by atoms with Crippen LogP contribution in [0.3, 0.4) is 0 Å². The van der Waals surface area contributed by atoms with E-state index in [1.54, 1.807) is 0 Å². The molecule has 4 saturated carbocycles. The van der Waals surface area contributed by atoms with E-state index in [9.17, 15) is 13.6 Å². The quantitative estimate of drug-likeness (QED) is 0.737. The Bertz CT molecular complexity index is 336. The summed E-state index contributed by atoms with van der Waals surface area (Å²) in [6.45, 7) is -0.178. The molecule has 4 fully saturated rings. The summed E-state index contributed by atoms with van der Waals surface area (Å²) < 4.78 is 35.1. The van der Waals surface area contributed by atoms with Crippen molar-refractivity contribution in [3.63, 3.8) is 0 Å². The van der Waals surface area contributed by atoms with Crippen LogP contribution in [0.15, 0.2) is 0 Å². The van der Waals surface area contributed by atoms with Gasteiger partial charge in [0.2, 0.25) is 0 Å². The fourth-order valence-corrected chi connectivity index (χ4v) is 4.40. The Labute approximate surface area is 111 Å². The monoisotopic (exact) mass is 274 g/mol. The number of hydrogen-bond acceptors (Lipinski definition) is 3. The Hall–Kier alpha value is -0.870. The van der Waals surface area contributed by atoms with Crippen molar-refractivity contribution in [3.8, 4) is 0 Å². The van der Waals surface area contributed by atoms with Gasteiger partial charge in [-0.25, -0.2) is 13.6 Å². The molecular weight excluding hydrogens is 254 g/mol. The van der Waals surface area contributed by atoms with Gasteiger partial charge in [-0.15, -0.1) is 0 Å². The fourth-order valence-electron chi connectivity index (χ4n) is 4.40. The largest absolute Gasteiger partial charge is 0.508 e. The predicted octanol–water partition coefficient (Wildman–Crippen LogP) is 3.62. The number of carbonyl (C=O) groups excluding carboxylic acids is 1. The standard InChI is InChI=1S/C14H20F2O3/c1-14(15,16)7-18-13(17)19-12-10-3-8-2-9(5-10)6-11(12)4-8/h8-12H,2-7H2,1H3. The summed E-state index contributed by atoms with van der Waals surface area (Å²) in [5.41, 5.74) is 0. The zero-order valence-electron chi connectivity index (χ0n) is 11.1. The summed E-state index contributed by atoms with van der Waals surface area (Å²) in [4.78, 5) is 11.5. The number of carbonyl (C=O) groups is 1. The molecule has 0 spiro atoms. The van der Waals surface area contributed by atoms with Gasteiger partial charge in [-0.1, -0.05) is 0 Å². The third-order valence-electron chi connectivity index (χ3n) is 4.82. The van der Waals surface area contributed by atoms with Gasteiger partial charge in [0.15, 0.2) is 6.61 Å². The van der Waals surface area contributed by atoms with Gasteiger partial charge in [0.1, 0.15) is 6.10 Å². The van der Waals surface area contributed by atoms with Gasteiger partial charge in [-0.05, 0) is 55.8 Å². The van der Waals surface area contributed by atoms with Gasteiger partial charge in [0.25, 0.3) is 5.92 Å². The lowest BCUT2D eigenvalue weighted by atomic mass is 9.55. The summed E-state index contributed by atoms with van der Waals surface area (Å²) in [7, 11) is 0. The Balaban J connectivity index is 1.54. The Morgan fingerprint density at radius 2 is 1.63 bits per heavy atom. The minimum absolute atomic E-state index is 0.106. The van der Waals surface area contributed by atoms with Gasteiger partial charge in [0, 0.05) is 6.92 Å². The van der Waals surface area contributed by atoms with E-state index in [0.717, 1.165) is 44.4 Å². The lowest BCUT2D eigenvalue weighted by Crippen LogP contribution is -2.50. The van der Waals surface area contributed by atoms with E-state index < -0.39 is 18.7 Å². The molecule has 0 aromatic carbocycles. The van der Waals surface area contributed by atoms with Gasteiger partial charge >= 0.3 is 6.16 Å². The van der Waals surface area contributed by atoms with Crippen molar-refractivity contribution < 1.29 is 23.0 Å². The topological polar surface area (TPSA) is 35.5 Å². The molecule has 4 rings (SSSR count). The Morgan fingerprint density at radius 3 is 2.11 bits per heavy atom. The first-order chi connectivity index (χ1) is 8.90. The zero-order valence-corrected chi connectivity index (χ0v) is 11.1. The summed E-state index contributed by atoms with van der Waals surface area (Å²) >= 11 is 0. The zero-order chi connectivity index (χ0) is 13.6. The number of rotatable bonds is 3. The minimum Gasteiger partial charge on any atom is -0.430 e. The third kappa shape index (κ3) is 2.84. The molecule has 0 aromatic rings. The summed E-state index contributed by atoms with van der Waals surface area (Å²) in [5, 5.41) is 0. The molecule has 4 bridgehead atoms. The second-order valence-corrected chi connectivity index (χ2v) is 6.62. The number of alkyl halides is 2. The van der Waals surface area contributed by atoms with Crippen LogP contribution in [-0.2, 0) is 9.47 Å². The van der Waals surface area contributed by atoms with E-state index in [-0.39, 0.29) is 6.10 Å². The van der Waals surface area contributed by atoms with Gasteiger partial charge < -0.3 is 9.47 Å². The molecule has 4 aliphatic rings. The van der Waals surface area contributed by atoms with Crippen molar-refractivity contribution in [1.29, 1.82) is 0 Å². The molecule has 5 heteroatoms. The van der Waals surface area contributed by atoms with E-state index in [1.807, 2.05) is 0 Å². The number of hydrogen-bond donors (Lipinski definition) is 0. The molecule has 0 aliphatic heterocycles. The maximum Gasteiger partial charge on any atom is 0.508 e. The lowest BCUT2D eigenvalue weighted by molar-refractivity contribution is -0.121. The van der Waals surface area contributed by atoms with Crippen molar-refractivity contribution in [3.05, 3.63) is 0 Å². The SMILES string of the molecule is CC(F)(F)COC(=O)OC1C2CC3CC(C2)CC1C3. The van der Waals surface area contributed by atoms with Gasteiger partial charge in [0.05, 0.1) is 0 Å². The van der Waals surface area contributed by atoms with E-state index >= 15 is 0 Å². The molecule has 19 heavy (non-hydrogen) atoms. The summed E-state index contributed by atoms with van der Waals surface area (Å²) in [6, 6.07) is 0. The first-order valence-corrected chi connectivity index (χ1v) is 7.12. The van der Waals surface area contributed by atoms with E-state index in [2.05, 4.69) is 4.74 Å². The molecule has 0 amide bonds. The van der Waals surface area contributed by atoms with Crippen LogP contribution in [0.2, 0.25) is 0 Å². The predicted molar refractivity (Wildman–Crippen MR) is 63.9 cm³/mol. The highest BCUT2D eigenvalue weighted by Gasteiger charge is 2.50. The highest BCUT2D eigenvalue weighted by Crippen LogP contribution is 2.54. The van der Waals surface area contributed by atoms with Crippen molar-refractivity contribution in [2.75, 3.05) is 6.61 Å². The molecule has 108 valence electrons. The first-order valence-electron chi connectivity index (χ1n) is 7.12. The molecule has 0 N–H and O–H groups in total. The number of halogens is 2. The fraction of sp³-hybridized carbons (Fsp3) is 0.929. The smallest absolute Gasteiger partial charge is 0.430 e. The van der Waals surface area contributed by atoms with E-state index in [4.69, 9.17) is 4.74 Å².